The van der Waals surface area contributed by atoms with E-state index in [1.54, 1.807) is 29.2 Å². The number of nitrogens with one attached hydrogen (secondary N) is 1. The van der Waals surface area contributed by atoms with E-state index in [-0.39, 0.29) is 27.3 Å². The topological polar surface area (TPSA) is 66.5 Å². The molecule has 2 aromatic carbocycles. The second kappa shape index (κ2) is 8.75. The molecule has 0 saturated carbocycles. The number of benzene rings is 2. The first-order valence-electron chi connectivity index (χ1n) is 8.11. The Balaban J connectivity index is 2.11. The summed E-state index contributed by atoms with van der Waals surface area (Å²) >= 11 is 11.7. The Kier molecular flexibility index (Phi) is 6.92. The lowest BCUT2D eigenvalue weighted by Crippen LogP contribution is -2.31. The van der Waals surface area contributed by atoms with Gasteiger partial charge in [-0.1, -0.05) is 35.3 Å². The zero-order valence-corrected chi connectivity index (χ0v) is 16.8. The van der Waals surface area contributed by atoms with Crippen LogP contribution in [0.4, 0.5) is 5.69 Å². The van der Waals surface area contributed by atoms with Crippen LogP contribution < -0.4 is 4.72 Å². The number of rotatable bonds is 7. The first kappa shape index (κ1) is 20.6. The molecule has 1 N–H and O–H groups in total. The summed E-state index contributed by atoms with van der Waals surface area (Å²) in [7, 11) is -3.78. The van der Waals surface area contributed by atoms with Crippen molar-refractivity contribution in [3.8, 4) is 0 Å². The van der Waals surface area contributed by atoms with Crippen molar-refractivity contribution in [2.24, 2.45) is 0 Å². The van der Waals surface area contributed by atoms with Crippen LogP contribution in [-0.2, 0) is 21.2 Å². The van der Waals surface area contributed by atoms with Crippen molar-refractivity contribution in [3.63, 3.8) is 0 Å². The molecule has 26 heavy (non-hydrogen) atoms. The average molecular weight is 415 g/mol. The SMILES string of the molecule is CCN(CC)C(=O)Cc1ccc(NS(=O)(=O)c2ccc(Cl)c(Cl)c2)cc1. The number of halogens is 2. The van der Waals surface area contributed by atoms with E-state index in [1.165, 1.54) is 18.2 Å². The summed E-state index contributed by atoms with van der Waals surface area (Å²) in [6, 6.07) is 10.8. The second-order valence-electron chi connectivity index (χ2n) is 5.62. The molecular weight excluding hydrogens is 395 g/mol. The van der Waals surface area contributed by atoms with Gasteiger partial charge in [-0.25, -0.2) is 8.42 Å². The molecule has 140 valence electrons. The van der Waals surface area contributed by atoms with Crippen molar-refractivity contribution >= 4 is 44.8 Å². The van der Waals surface area contributed by atoms with E-state index < -0.39 is 10.0 Å². The molecule has 8 heteroatoms. The molecule has 0 radical (unpaired) electrons. The molecule has 0 bridgehead atoms. The number of hydrogen-bond acceptors (Lipinski definition) is 3. The molecule has 0 fully saturated rings. The molecule has 0 aliphatic rings. The van der Waals surface area contributed by atoms with E-state index in [2.05, 4.69) is 4.72 Å². The number of sulfonamides is 1. The fourth-order valence-corrected chi connectivity index (χ4v) is 3.86. The van der Waals surface area contributed by atoms with Gasteiger partial charge < -0.3 is 4.90 Å². The van der Waals surface area contributed by atoms with Gasteiger partial charge in [0.1, 0.15) is 0 Å². The van der Waals surface area contributed by atoms with Crippen LogP contribution in [0.5, 0.6) is 0 Å². The van der Waals surface area contributed by atoms with Crippen molar-refractivity contribution in [3.05, 3.63) is 58.1 Å². The lowest BCUT2D eigenvalue weighted by Gasteiger charge is -2.18. The predicted molar refractivity (Wildman–Crippen MR) is 105 cm³/mol. The third-order valence-electron chi connectivity index (χ3n) is 3.88. The lowest BCUT2D eigenvalue weighted by molar-refractivity contribution is -0.130. The van der Waals surface area contributed by atoms with Crippen LogP contribution >= 0.6 is 23.2 Å². The highest BCUT2D eigenvalue weighted by Crippen LogP contribution is 2.26. The van der Waals surface area contributed by atoms with E-state index in [4.69, 9.17) is 23.2 Å². The Morgan fingerprint density at radius 2 is 1.62 bits per heavy atom. The number of anilines is 1. The van der Waals surface area contributed by atoms with Crippen molar-refractivity contribution in [1.82, 2.24) is 4.90 Å². The standard InChI is InChI=1S/C18H20Cl2N2O3S/c1-3-22(4-2)18(23)11-13-5-7-14(8-6-13)21-26(24,25)15-9-10-16(19)17(20)12-15/h5-10,12,21H,3-4,11H2,1-2H3. The number of nitrogens with zero attached hydrogens (tertiary/aromatic N) is 1. The summed E-state index contributed by atoms with van der Waals surface area (Å²) in [6.45, 7) is 5.19. The number of likely N-dealkylation sites (N-methyl/N-ethyl adjacent to an activating group) is 1. The van der Waals surface area contributed by atoms with Gasteiger partial charge in [-0.15, -0.1) is 0 Å². The monoisotopic (exact) mass is 414 g/mol. The van der Waals surface area contributed by atoms with Gasteiger partial charge in [0.2, 0.25) is 5.91 Å². The zero-order chi connectivity index (χ0) is 19.3. The maximum absolute atomic E-state index is 12.4. The molecule has 2 aromatic rings. The van der Waals surface area contributed by atoms with Crippen LogP contribution in [0.2, 0.25) is 10.0 Å². The quantitative estimate of drug-likeness (QED) is 0.737. The van der Waals surface area contributed by atoms with Gasteiger partial charge >= 0.3 is 0 Å². The molecule has 2 rings (SSSR count). The molecule has 1 amide bonds. The lowest BCUT2D eigenvalue weighted by atomic mass is 10.1. The summed E-state index contributed by atoms with van der Waals surface area (Å²) < 4.78 is 27.3. The van der Waals surface area contributed by atoms with Gasteiger partial charge in [-0.3, -0.25) is 9.52 Å². The van der Waals surface area contributed by atoms with Gasteiger partial charge in [0.25, 0.3) is 10.0 Å². The Morgan fingerprint density at radius 3 is 2.15 bits per heavy atom. The summed E-state index contributed by atoms with van der Waals surface area (Å²) in [5, 5.41) is 0.452. The molecule has 0 saturated heterocycles. The Labute approximate surface area is 164 Å². The van der Waals surface area contributed by atoms with Crippen molar-refractivity contribution in [1.29, 1.82) is 0 Å². The molecule has 0 heterocycles. The van der Waals surface area contributed by atoms with Crippen LogP contribution in [0, 0.1) is 0 Å². The van der Waals surface area contributed by atoms with Gasteiger partial charge in [-0.2, -0.15) is 0 Å². The molecule has 0 atom stereocenters. The minimum absolute atomic E-state index is 0.0210. The van der Waals surface area contributed by atoms with E-state index >= 15 is 0 Å². The minimum atomic E-state index is -3.78. The zero-order valence-electron chi connectivity index (χ0n) is 14.5. The average Bonchev–Trinajstić information content (AvgIpc) is 2.60. The van der Waals surface area contributed by atoms with Gasteiger partial charge in [0.15, 0.2) is 0 Å². The van der Waals surface area contributed by atoms with E-state index in [0.29, 0.717) is 18.8 Å². The predicted octanol–water partition coefficient (Wildman–Crippen LogP) is 4.21. The molecular formula is C18H20Cl2N2O3S. The maximum Gasteiger partial charge on any atom is 0.261 e. The molecule has 0 aliphatic carbocycles. The van der Waals surface area contributed by atoms with Crippen molar-refractivity contribution in [2.75, 3.05) is 17.8 Å². The summed E-state index contributed by atoms with van der Waals surface area (Å²) in [6.07, 6.45) is 0.279. The fraction of sp³-hybridized carbons (Fsp3) is 0.278. The van der Waals surface area contributed by atoms with E-state index in [1.807, 2.05) is 13.8 Å². The normalized spacial score (nSPS) is 11.2. The third kappa shape index (κ3) is 5.13. The van der Waals surface area contributed by atoms with Crippen molar-refractivity contribution in [2.45, 2.75) is 25.2 Å². The maximum atomic E-state index is 12.4. The van der Waals surface area contributed by atoms with Crippen LogP contribution in [0.3, 0.4) is 0 Å². The number of hydrogen-bond donors (Lipinski definition) is 1. The number of carbonyl (C=O) groups is 1. The second-order valence-corrected chi connectivity index (χ2v) is 8.12. The fourth-order valence-electron chi connectivity index (χ4n) is 2.41. The van der Waals surface area contributed by atoms with Gasteiger partial charge in [-0.05, 0) is 49.7 Å². The van der Waals surface area contributed by atoms with Crippen molar-refractivity contribution < 1.29 is 13.2 Å². The smallest absolute Gasteiger partial charge is 0.261 e. The Morgan fingerprint density at radius 1 is 1.00 bits per heavy atom. The van der Waals surface area contributed by atoms with Gasteiger partial charge in [0.05, 0.1) is 21.4 Å². The molecule has 0 spiro atoms. The highest BCUT2D eigenvalue weighted by molar-refractivity contribution is 7.92. The Bertz CT molecular complexity index is 880. The first-order valence-corrected chi connectivity index (χ1v) is 10.3. The molecule has 0 aliphatic heterocycles. The molecule has 5 nitrogen and oxygen atoms in total. The number of amides is 1. The summed E-state index contributed by atoms with van der Waals surface area (Å²) in [4.78, 5) is 13.9. The summed E-state index contributed by atoms with van der Waals surface area (Å²) in [5.41, 5.74) is 1.22. The Hall–Kier alpha value is -1.76. The third-order valence-corrected chi connectivity index (χ3v) is 6.00. The molecule has 0 aromatic heterocycles. The van der Waals surface area contributed by atoms with E-state index in [9.17, 15) is 13.2 Å². The minimum Gasteiger partial charge on any atom is -0.343 e. The summed E-state index contributed by atoms with van der Waals surface area (Å²) in [5.74, 6) is 0.0409. The van der Waals surface area contributed by atoms with Crippen LogP contribution in [-0.4, -0.2) is 32.3 Å². The van der Waals surface area contributed by atoms with Crippen LogP contribution in [0.25, 0.3) is 0 Å². The van der Waals surface area contributed by atoms with Gasteiger partial charge in [0, 0.05) is 18.8 Å². The highest BCUT2D eigenvalue weighted by Gasteiger charge is 2.16. The van der Waals surface area contributed by atoms with Crippen LogP contribution in [0.15, 0.2) is 47.4 Å². The largest absolute Gasteiger partial charge is 0.343 e. The van der Waals surface area contributed by atoms with E-state index in [0.717, 1.165) is 5.56 Å². The first-order chi connectivity index (χ1) is 12.3. The van der Waals surface area contributed by atoms with Crippen LogP contribution in [0.1, 0.15) is 19.4 Å². The molecule has 0 unspecified atom stereocenters. The highest BCUT2D eigenvalue weighted by atomic mass is 35.5. The number of carbonyl (C=O) groups excluding carboxylic acids is 1.